The highest BCUT2D eigenvalue weighted by atomic mass is 16.2. The molecule has 6 heteroatoms. The first-order valence-corrected chi connectivity index (χ1v) is 10.4. The number of nitrogens with zero attached hydrogens (tertiary/aromatic N) is 3. The molecule has 0 aromatic rings. The Kier molecular flexibility index (Phi) is 5.92. The molecule has 0 radical (unpaired) electrons. The van der Waals surface area contributed by atoms with Gasteiger partial charge in [-0.25, -0.2) is 0 Å². The molecule has 3 aliphatic rings. The van der Waals surface area contributed by atoms with Crippen LogP contribution in [0.3, 0.4) is 0 Å². The lowest BCUT2D eigenvalue weighted by Crippen LogP contribution is -2.61. The van der Waals surface area contributed by atoms with Crippen molar-refractivity contribution in [3.8, 4) is 0 Å². The van der Waals surface area contributed by atoms with Gasteiger partial charge >= 0.3 is 0 Å². The number of carbonyl (C=O) groups is 2. The highest BCUT2D eigenvalue weighted by molar-refractivity contribution is 5.87. The third-order valence-electron chi connectivity index (χ3n) is 6.08. The Bertz CT molecular complexity index is 508. The summed E-state index contributed by atoms with van der Waals surface area (Å²) in [5.74, 6) is 0.428. The summed E-state index contributed by atoms with van der Waals surface area (Å²) in [7, 11) is 0. The molecule has 1 N–H and O–H groups in total. The van der Waals surface area contributed by atoms with Crippen LogP contribution in [0.4, 0.5) is 0 Å². The standard InChI is InChI=1S/C20H36N4O2/c1-19(2,3)21-17(25)16-22-12-14-23(15-13-22)18(26)20(8-4-5-9-20)24-10-6-7-11-24/h4-16H2,1-3H3,(H,21,25). The van der Waals surface area contributed by atoms with Crippen molar-refractivity contribution >= 4 is 11.8 Å². The molecule has 1 saturated carbocycles. The minimum atomic E-state index is -0.220. The first-order valence-electron chi connectivity index (χ1n) is 10.4. The fourth-order valence-corrected chi connectivity index (χ4v) is 4.83. The SMILES string of the molecule is CC(C)(C)NC(=O)CN1CCN(C(=O)C2(N3CCCC3)CCCC2)CC1. The van der Waals surface area contributed by atoms with Crippen molar-refractivity contribution in [2.24, 2.45) is 0 Å². The largest absolute Gasteiger partial charge is 0.350 e. The first-order chi connectivity index (χ1) is 12.3. The molecule has 0 aromatic carbocycles. The molecule has 2 heterocycles. The second-order valence-electron chi connectivity index (χ2n) is 9.30. The Labute approximate surface area is 158 Å². The van der Waals surface area contributed by atoms with E-state index in [0.717, 1.165) is 52.1 Å². The van der Waals surface area contributed by atoms with Crippen molar-refractivity contribution in [2.45, 2.75) is 70.4 Å². The van der Waals surface area contributed by atoms with Gasteiger partial charge in [-0.3, -0.25) is 19.4 Å². The molecule has 2 saturated heterocycles. The number of carbonyl (C=O) groups excluding carboxylic acids is 2. The fraction of sp³-hybridized carbons (Fsp3) is 0.900. The van der Waals surface area contributed by atoms with E-state index < -0.39 is 0 Å². The topological polar surface area (TPSA) is 55.9 Å². The Morgan fingerprint density at radius 1 is 0.885 bits per heavy atom. The molecule has 0 bridgehead atoms. The minimum absolute atomic E-state index is 0.0709. The van der Waals surface area contributed by atoms with Gasteiger partial charge in [-0.05, 0) is 59.5 Å². The lowest BCUT2D eigenvalue weighted by molar-refractivity contribution is -0.146. The smallest absolute Gasteiger partial charge is 0.243 e. The molecule has 0 spiro atoms. The van der Waals surface area contributed by atoms with Gasteiger partial charge < -0.3 is 10.2 Å². The Morgan fingerprint density at radius 3 is 2.00 bits per heavy atom. The zero-order valence-corrected chi connectivity index (χ0v) is 16.9. The molecule has 6 nitrogen and oxygen atoms in total. The molecule has 2 aliphatic heterocycles. The van der Waals surface area contributed by atoms with E-state index >= 15 is 0 Å². The van der Waals surface area contributed by atoms with Crippen LogP contribution in [0.5, 0.6) is 0 Å². The summed E-state index contributed by atoms with van der Waals surface area (Å²) in [5.41, 5.74) is -0.415. The molecule has 3 rings (SSSR count). The van der Waals surface area contributed by atoms with Gasteiger partial charge in [0.25, 0.3) is 0 Å². The van der Waals surface area contributed by atoms with Crippen molar-refractivity contribution in [1.82, 2.24) is 20.0 Å². The van der Waals surface area contributed by atoms with E-state index in [4.69, 9.17) is 0 Å². The van der Waals surface area contributed by atoms with Gasteiger partial charge in [0.2, 0.25) is 11.8 Å². The Morgan fingerprint density at radius 2 is 1.46 bits per heavy atom. The van der Waals surface area contributed by atoms with Crippen LogP contribution >= 0.6 is 0 Å². The second kappa shape index (κ2) is 7.85. The summed E-state index contributed by atoms with van der Waals surface area (Å²) in [6.07, 6.45) is 6.86. The van der Waals surface area contributed by atoms with Gasteiger partial charge in [0, 0.05) is 31.7 Å². The zero-order valence-electron chi connectivity index (χ0n) is 16.9. The maximum Gasteiger partial charge on any atom is 0.243 e. The molecule has 0 unspecified atom stereocenters. The lowest BCUT2D eigenvalue weighted by atomic mass is 9.93. The van der Waals surface area contributed by atoms with Crippen LogP contribution in [-0.4, -0.2) is 83.4 Å². The lowest BCUT2D eigenvalue weighted by Gasteiger charge is -2.43. The molecule has 26 heavy (non-hydrogen) atoms. The number of likely N-dealkylation sites (tertiary alicyclic amines) is 1. The quantitative estimate of drug-likeness (QED) is 0.820. The highest BCUT2D eigenvalue weighted by Crippen LogP contribution is 2.39. The number of hydrogen-bond donors (Lipinski definition) is 1. The van der Waals surface area contributed by atoms with Crippen LogP contribution in [0, 0.1) is 0 Å². The fourth-order valence-electron chi connectivity index (χ4n) is 4.83. The summed E-state index contributed by atoms with van der Waals surface area (Å²) < 4.78 is 0. The molecular weight excluding hydrogens is 328 g/mol. The average molecular weight is 365 g/mol. The van der Waals surface area contributed by atoms with Crippen molar-refractivity contribution in [3.05, 3.63) is 0 Å². The molecular formula is C20H36N4O2. The molecule has 0 atom stereocenters. The maximum atomic E-state index is 13.4. The summed E-state index contributed by atoms with van der Waals surface area (Å²) in [6, 6.07) is 0. The average Bonchev–Trinajstić information content (AvgIpc) is 3.25. The molecule has 3 fully saturated rings. The van der Waals surface area contributed by atoms with Crippen molar-refractivity contribution in [2.75, 3.05) is 45.8 Å². The van der Waals surface area contributed by atoms with Crippen LogP contribution in [0.1, 0.15) is 59.3 Å². The van der Waals surface area contributed by atoms with E-state index in [-0.39, 0.29) is 17.0 Å². The molecule has 148 valence electrons. The van der Waals surface area contributed by atoms with Gasteiger partial charge in [0.05, 0.1) is 6.54 Å². The van der Waals surface area contributed by atoms with Gasteiger partial charge in [0.1, 0.15) is 5.54 Å². The van der Waals surface area contributed by atoms with E-state index in [1.807, 2.05) is 20.8 Å². The summed E-state index contributed by atoms with van der Waals surface area (Å²) in [5, 5.41) is 3.02. The Balaban J connectivity index is 1.54. The first kappa shape index (κ1) is 19.6. The highest BCUT2D eigenvalue weighted by Gasteiger charge is 2.48. The number of amides is 2. The van der Waals surface area contributed by atoms with Crippen LogP contribution < -0.4 is 5.32 Å². The minimum Gasteiger partial charge on any atom is -0.350 e. The van der Waals surface area contributed by atoms with Crippen LogP contribution in [-0.2, 0) is 9.59 Å². The molecule has 2 amide bonds. The van der Waals surface area contributed by atoms with Crippen LogP contribution in [0.25, 0.3) is 0 Å². The van der Waals surface area contributed by atoms with Gasteiger partial charge in [0.15, 0.2) is 0 Å². The van der Waals surface area contributed by atoms with Crippen LogP contribution in [0.15, 0.2) is 0 Å². The summed E-state index contributed by atoms with van der Waals surface area (Å²) >= 11 is 0. The van der Waals surface area contributed by atoms with Crippen LogP contribution in [0.2, 0.25) is 0 Å². The summed E-state index contributed by atoms with van der Waals surface area (Å²) in [4.78, 5) is 32.3. The third-order valence-corrected chi connectivity index (χ3v) is 6.08. The van der Waals surface area contributed by atoms with E-state index in [2.05, 4.69) is 20.0 Å². The van der Waals surface area contributed by atoms with Crippen molar-refractivity contribution in [3.63, 3.8) is 0 Å². The molecule has 0 aromatic heterocycles. The summed E-state index contributed by atoms with van der Waals surface area (Å²) in [6.45, 7) is 11.7. The predicted octanol–water partition coefficient (Wildman–Crippen LogP) is 1.45. The van der Waals surface area contributed by atoms with E-state index in [1.54, 1.807) is 0 Å². The molecule has 1 aliphatic carbocycles. The number of hydrogen-bond acceptors (Lipinski definition) is 4. The normalized spacial score (nSPS) is 24.8. The number of rotatable bonds is 4. The van der Waals surface area contributed by atoms with E-state index in [0.29, 0.717) is 12.5 Å². The van der Waals surface area contributed by atoms with E-state index in [9.17, 15) is 9.59 Å². The van der Waals surface area contributed by atoms with Crippen molar-refractivity contribution < 1.29 is 9.59 Å². The third kappa shape index (κ3) is 4.39. The monoisotopic (exact) mass is 364 g/mol. The van der Waals surface area contributed by atoms with E-state index in [1.165, 1.54) is 25.7 Å². The predicted molar refractivity (Wildman–Crippen MR) is 103 cm³/mol. The zero-order chi connectivity index (χ0) is 18.8. The second-order valence-corrected chi connectivity index (χ2v) is 9.30. The van der Waals surface area contributed by atoms with Crippen molar-refractivity contribution in [1.29, 1.82) is 0 Å². The van der Waals surface area contributed by atoms with Gasteiger partial charge in [-0.15, -0.1) is 0 Å². The maximum absolute atomic E-state index is 13.4. The Hall–Kier alpha value is -1.14. The number of nitrogens with one attached hydrogen (secondary N) is 1. The van der Waals surface area contributed by atoms with Gasteiger partial charge in [-0.1, -0.05) is 12.8 Å². The van der Waals surface area contributed by atoms with Gasteiger partial charge in [-0.2, -0.15) is 0 Å². The number of piperazine rings is 1.